The summed E-state index contributed by atoms with van der Waals surface area (Å²) in [5.74, 6) is -0.102. The van der Waals surface area contributed by atoms with E-state index in [1.807, 2.05) is 24.4 Å². The zero-order valence-electron chi connectivity index (χ0n) is 14.9. The molecule has 0 saturated carbocycles. The van der Waals surface area contributed by atoms with Crippen LogP contribution in [0.2, 0.25) is 0 Å². The number of ether oxygens (including phenoxy) is 1. The van der Waals surface area contributed by atoms with Gasteiger partial charge in [0.25, 0.3) is 0 Å². The lowest BCUT2D eigenvalue weighted by Gasteiger charge is -2.23. The largest absolute Gasteiger partial charge is 0.496 e. The van der Waals surface area contributed by atoms with Crippen molar-refractivity contribution < 1.29 is 14.6 Å². The van der Waals surface area contributed by atoms with Crippen molar-refractivity contribution in [3.05, 3.63) is 46.8 Å². The highest BCUT2D eigenvalue weighted by Gasteiger charge is 2.22. The molecule has 0 unspecified atom stereocenters. The maximum atomic E-state index is 11.3. The van der Waals surface area contributed by atoms with Crippen LogP contribution in [0.3, 0.4) is 0 Å². The molecule has 1 heterocycles. The summed E-state index contributed by atoms with van der Waals surface area (Å²) in [7, 11) is 1.68. The number of aliphatic carboxylic acids is 1. The van der Waals surface area contributed by atoms with Crippen molar-refractivity contribution in [1.29, 1.82) is 0 Å². The SMILES string of the molecule is C=C(C(=O)O)c1csc(-c2ccc(OC)c(C(C)(C)C)c2)c1CC. The van der Waals surface area contributed by atoms with Crippen LogP contribution in [0, 0.1) is 0 Å². The number of thiophene rings is 1. The van der Waals surface area contributed by atoms with Crippen LogP contribution in [0.4, 0.5) is 0 Å². The zero-order chi connectivity index (χ0) is 18.1. The molecule has 0 saturated heterocycles. The lowest BCUT2D eigenvalue weighted by atomic mass is 9.85. The van der Waals surface area contributed by atoms with Crippen molar-refractivity contribution in [2.24, 2.45) is 0 Å². The number of hydrogen-bond donors (Lipinski definition) is 1. The Hall–Kier alpha value is -2.07. The number of rotatable bonds is 5. The van der Waals surface area contributed by atoms with Crippen LogP contribution in [-0.4, -0.2) is 18.2 Å². The third-order valence-electron chi connectivity index (χ3n) is 4.10. The van der Waals surface area contributed by atoms with Gasteiger partial charge in [-0.3, -0.25) is 0 Å². The second-order valence-corrected chi connectivity index (χ2v) is 7.64. The summed E-state index contributed by atoms with van der Waals surface area (Å²) in [6, 6.07) is 6.17. The molecule has 4 heteroatoms. The molecule has 0 aliphatic rings. The monoisotopic (exact) mass is 344 g/mol. The van der Waals surface area contributed by atoms with Gasteiger partial charge in [-0.1, -0.05) is 34.3 Å². The molecule has 0 aliphatic carbocycles. The number of methoxy groups -OCH3 is 1. The van der Waals surface area contributed by atoms with Crippen molar-refractivity contribution in [3.8, 4) is 16.2 Å². The summed E-state index contributed by atoms with van der Waals surface area (Å²) in [6.45, 7) is 12.2. The molecule has 24 heavy (non-hydrogen) atoms. The van der Waals surface area contributed by atoms with Gasteiger partial charge in [0.2, 0.25) is 0 Å². The van der Waals surface area contributed by atoms with E-state index in [-0.39, 0.29) is 11.0 Å². The topological polar surface area (TPSA) is 46.5 Å². The van der Waals surface area contributed by atoms with Gasteiger partial charge in [0, 0.05) is 16.0 Å². The minimum Gasteiger partial charge on any atom is -0.496 e. The Morgan fingerprint density at radius 2 is 2.00 bits per heavy atom. The van der Waals surface area contributed by atoms with E-state index in [1.54, 1.807) is 18.4 Å². The fraction of sp³-hybridized carbons (Fsp3) is 0.350. The fourth-order valence-corrected chi connectivity index (χ4v) is 3.96. The molecule has 0 fully saturated rings. The molecule has 2 rings (SSSR count). The minimum atomic E-state index is -0.973. The summed E-state index contributed by atoms with van der Waals surface area (Å²) in [6.07, 6.45) is 0.761. The predicted molar refractivity (Wildman–Crippen MR) is 101 cm³/mol. The van der Waals surface area contributed by atoms with Gasteiger partial charge in [-0.15, -0.1) is 11.3 Å². The van der Waals surface area contributed by atoms with E-state index in [0.717, 1.165) is 39.3 Å². The number of carboxylic acids is 1. The number of benzene rings is 1. The van der Waals surface area contributed by atoms with Crippen molar-refractivity contribution in [2.75, 3.05) is 7.11 Å². The first-order valence-electron chi connectivity index (χ1n) is 7.92. The summed E-state index contributed by atoms with van der Waals surface area (Å²) in [5.41, 5.74) is 4.11. The van der Waals surface area contributed by atoms with Crippen molar-refractivity contribution >= 4 is 22.9 Å². The van der Waals surface area contributed by atoms with E-state index in [9.17, 15) is 9.90 Å². The van der Waals surface area contributed by atoms with E-state index >= 15 is 0 Å². The maximum absolute atomic E-state index is 11.3. The minimum absolute atomic E-state index is 0.0432. The van der Waals surface area contributed by atoms with Crippen molar-refractivity contribution in [2.45, 2.75) is 39.5 Å². The molecule has 1 aromatic heterocycles. The standard InChI is InChI=1S/C20H24O3S/c1-7-14-15(12(2)19(21)22)11-24-18(14)13-8-9-17(23-6)16(10-13)20(3,4)5/h8-11H,2,7H2,1,3-6H3,(H,21,22). The molecule has 0 aliphatic heterocycles. The summed E-state index contributed by atoms with van der Waals surface area (Å²) >= 11 is 1.57. The highest BCUT2D eigenvalue weighted by Crippen LogP contribution is 2.40. The number of carbonyl (C=O) groups is 1. The smallest absolute Gasteiger partial charge is 0.335 e. The highest BCUT2D eigenvalue weighted by molar-refractivity contribution is 7.14. The molecule has 3 nitrogen and oxygen atoms in total. The fourth-order valence-electron chi connectivity index (χ4n) is 2.78. The van der Waals surface area contributed by atoms with Crippen LogP contribution < -0.4 is 4.74 Å². The first kappa shape index (κ1) is 18.3. The number of hydrogen-bond acceptors (Lipinski definition) is 3. The third-order valence-corrected chi connectivity index (χ3v) is 5.17. The van der Waals surface area contributed by atoms with Gasteiger partial charge in [-0.05, 0) is 46.5 Å². The van der Waals surface area contributed by atoms with E-state index in [4.69, 9.17) is 4.74 Å². The summed E-state index contributed by atoms with van der Waals surface area (Å²) < 4.78 is 5.51. The number of carboxylic acid groups (broad SMARTS) is 1. The van der Waals surface area contributed by atoms with E-state index < -0.39 is 5.97 Å². The molecule has 0 spiro atoms. The summed E-state index contributed by atoms with van der Waals surface area (Å²) in [5, 5.41) is 11.1. The van der Waals surface area contributed by atoms with Gasteiger partial charge in [-0.2, -0.15) is 0 Å². The Kier molecular flexibility index (Phi) is 5.19. The Morgan fingerprint density at radius 3 is 2.50 bits per heavy atom. The summed E-state index contributed by atoms with van der Waals surface area (Å²) in [4.78, 5) is 12.4. The third kappa shape index (κ3) is 3.39. The molecule has 0 atom stereocenters. The van der Waals surface area contributed by atoms with Crippen LogP contribution in [-0.2, 0) is 16.6 Å². The van der Waals surface area contributed by atoms with Gasteiger partial charge < -0.3 is 9.84 Å². The van der Waals surface area contributed by atoms with E-state index in [0.29, 0.717) is 0 Å². The molecule has 0 bridgehead atoms. The van der Waals surface area contributed by atoms with Crippen LogP contribution in [0.1, 0.15) is 44.4 Å². The zero-order valence-corrected chi connectivity index (χ0v) is 15.7. The van der Waals surface area contributed by atoms with Crippen LogP contribution in [0.5, 0.6) is 5.75 Å². The molecule has 1 N–H and O–H groups in total. The lowest BCUT2D eigenvalue weighted by Crippen LogP contribution is -2.12. The van der Waals surface area contributed by atoms with E-state index in [2.05, 4.69) is 33.4 Å². The lowest BCUT2D eigenvalue weighted by molar-refractivity contribution is -0.130. The van der Waals surface area contributed by atoms with Crippen LogP contribution in [0.15, 0.2) is 30.2 Å². The normalized spacial score (nSPS) is 11.4. The van der Waals surface area contributed by atoms with Crippen molar-refractivity contribution in [1.82, 2.24) is 0 Å². The molecule has 2 aromatic rings. The first-order chi connectivity index (χ1) is 11.2. The van der Waals surface area contributed by atoms with Crippen LogP contribution in [0.25, 0.3) is 16.0 Å². The molecular formula is C20H24O3S. The first-order valence-corrected chi connectivity index (χ1v) is 8.80. The second-order valence-electron chi connectivity index (χ2n) is 6.76. The molecular weight excluding hydrogens is 320 g/mol. The average Bonchev–Trinajstić information content (AvgIpc) is 2.96. The van der Waals surface area contributed by atoms with Gasteiger partial charge in [-0.25, -0.2) is 4.79 Å². The Balaban J connectivity index is 2.61. The predicted octanol–water partition coefficient (Wildman–Crippen LogP) is 5.38. The Morgan fingerprint density at radius 1 is 1.33 bits per heavy atom. The van der Waals surface area contributed by atoms with Crippen LogP contribution >= 0.6 is 11.3 Å². The molecule has 0 amide bonds. The Labute approximate surface area is 147 Å². The molecule has 0 radical (unpaired) electrons. The van der Waals surface area contributed by atoms with Crippen molar-refractivity contribution in [3.63, 3.8) is 0 Å². The Bertz CT molecular complexity index is 779. The second kappa shape index (κ2) is 6.81. The van der Waals surface area contributed by atoms with Gasteiger partial charge in [0.05, 0.1) is 12.7 Å². The van der Waals surface area contributed by atoms with Gasteiger partial charge in [0.1, 0.15) is 5.75 Å². The maximum Gasteiger partial charge on any atom is 0.335 e. The quantitative estimate of drug-likeness (QED) is 0.741. The van der Waals surface area contributed by atoms with Gasteiger partial charge >= 0.3 is 5.97 Å². The van der Waals surface area contributed by atoms with E-state index in [1.165, 1.54) is 0 Å². The molecule has 1 aromatic carbocycles. The molecule has 128 valence electrons. The highest BCUT2D eigenvalue weighted by atomic mass is 32.1. The van der Waals surface area contributed by atoms with Gasteiger partial charge in [0.15, 0.2) is 0 Å². The average molecular weight is 344 g/mol.